The van der Waals surface area contributed by atoms with Gasteiger partial charge in [-0.2, -0.15) is 0 Å². The summed E-state index contributed by atoms with van der Waals surface area (Å²) in [5.41, 5.74) is 0. The fourth-order valence-corrected chi connectivity index (χ4v) is 1.69. The van der Waals surface area contributed by atoms with Crippen molar-refractivity contribution >= 4 is 11.9 Å². The van der Waals surface area contributed by atoms with Gasteiger partial charge in [-0.3, -0.25) is 4.79 Å². The molecule has 5 nitrogen and oxygen atoms in total. The van der Waals surface area contributed by atoms with Gasteiger partial charge in [0.05, 0.1) is 12.4 Å². The number of hydrogen-bond acceptors (Lipinski definition) is 4. The molecule has 0 aliphatic carbocycles. The highest BCUT2D eigenvalue weighted by Gasteiger charge is 2.20. The molecule has 1 aliphatic heterocycles. The van der Waals surface area contributed by atoms with Gasteiger partial charge in [0.25, 0.3) is 0 Å². The van der Waals surface area contributed by atoms with Crippen molar-refractivity contribution in [1.29, 1.82) is 0 Å². The van der Waals surface area contributed by atoms with Crippen LogP contribution in [0.1, 0.15) is 6.92 Å². The number of halogens is 1. The first-order valence-corrected chi connectivity index (χ1v) is 5.15. The molecule has 1 aliphatic rings. The van der Waals surface area contributed by atoms with Gasteiger partial charge in [0.15, 0.2) is 5.82 Å². The van der Waals surface area contributed by atoms with Crippen LogP contribution in [0.3, 0.4) is 0 Å². The van der Waals surface area contributed by atoms with Crippen LogP contribution in [0.4, 0.5) is 10.3 Å². The quantitative estimate of drug-likeness (QED) is 0.687. The van der Waals surface area contributed by atoms with Crippen LogP contribution in [-0.4, -0.2) is 47.0 Å². The summed E-state index contributed by atoms with van der Waals surface area (Å²) in [5.74, 6) is 0.162. The van der Waals surface area contributed by atoms with Crippen molar-refractivity contribution in [3.63, 3.8) is 0 Å². The molecule has 2 heterocycles. The van der Waals surface area contributed by atoms with Crippen molar-refractivity contribution in [2.45, 2.75) is 6.92 Å². The molecule has 0 radical (unpaired) electrons. The Morgan fingerprint density at radius 3 is 2.31 bits per heavy atom. The van der Waals surface area contributed by atoms with Crippen molar-refractivity contribution in [3.05, 3.63) is 18.2 Å². The number of carbonyl (C=O) groups is 1. The predicted molar refractivity (Wildman–Crippen MR) is 56.5 cm³/mol. The second kappa shape index (κ2) is 4.42. The molecule has 1 amide bonds. The van der Waals surface area contributed by atoms with Crippen LogP contribution in [0, 0.1) is 5.82 Å². The smallest absolute Gasteiger partial charge is 0.225 e. The maximum absolute atomic E-state index is 12.6. The highest BCUT2D eigenvalue weighted by atomic mass is 19.1. The number of amides is 1. The molecular weight excluding hydrogens is 211 g/mol. The molecule has 0 unspecified atom stereocenters. The predicted octanol–water partition coefficient (Wildman–Crippen LogP) is 0.284. The van der Waals surface area contributed by atoms with Crippen molar-refractivity contribution in [1.82, 2.24) is 14.9 Å². The van der Waals surface area contributed by atoms with E-state index in [1.165, 1.54) is 0 Å². The van der Waals surface area contributed by atoms with Crippen LogP contribution >= 0.6 is 0 Å². The molecule has 1 fully saturated rings. The maximum atomic E-state index is 12.6. The zero-order chi connectivity index (χ0) is 11.5. The number of nitrogens with zero attached hydrogens (tertiary/aromatic N) is 4. The van der Waals surface area contributed by atoms with Crippen LogP contribution in [0.15, 0.2) is 12.4 Å². The third-order valence-corrected chi connectivity index (χ3v) is 2.61. The lowest BCUT2D eigenvalue weighted by Gasteiger charge is -2.34. The van der Waals surface area contributed by atoms with E-state index in [4.69, 9.17) is 0 Å². The van der Waals surface area contributed by atoms with Gasteiger partial charge in [-0.15, -0.1) is 0 Å². The monoisotopic (exact) mass is 224 g/mol. The van der Waals surface area contributed by atoms with Crippen molar-refractivity contribution < 1.29 is 9.18 Å². The van der Waals surface area contributed by atoms with E-state index in [9.17, 15) is 9.18 Å². The highest BCUT2D eigenvalue weighted by molar-refractivity contribution is 5.73. The Morgan fingerprint density at radius 2 is 1.81 bits per heavy atom. The minimum Gasteiger partial charge on any atom is -0.339 e. The Labute approximate surface area is 92.9 Å². The summed E-state index contributed by atoms with van der Waals surface area (Å²) in [7, 11) is 0. The molecular formula is C10H13FN4O. The molecule has 0 atom stereocenters. The van der Waals surface area contributed by atoms with E-state index in [-0.39, 0.29) is 5.91 Å². The van der Waals surface area contributed by atoms with E-state index in [2.05, 4.69) is 9.97 Å². The van der Waals surface area contributed by atoms with E-state index < -0.39 is 5.82 Å². The topological polar surface area (TPSA) is 49.3 Å². The number of piperazine rings is 1. The Morgan fingerprint density at radius 1 is 1.25 bits per heavy atom. The van der Waals surface area contributed by atoms with E-state index in [0.29, 0.717) is 32.1 Å². The summed E-state index contributed by atoms with van der Waals surface area (Å²) in [5, 5.41) is 0. The van der Waals surface area contributed by atoms with Crippen LogP contribution in [0.5, 0.6) is 0 Å². The van der Waals surface area contributed by atoms with Gasteiger partial charge in [0, 0.05) is 33.1 Å². The molecule has 2 rings (SSSR count). The number of anilines is 1. The second-order valence-corrected chi connectivity index (χ2v) is 3.69. The number of carbonyl (C=O) groups excluding carboxylic acids is 1. The van der Waals surface area contributed by atoms with Gasteiger partial charge in [-0.25, -0.2) is 14.4 Å². The molecule has 86 valence electrons. The normalized spacial score (nSPS) is 16.4. The lowest BCUT2D eigenvalue weighted by molar-refractivity contribution is -0.129. The average molecular weight is 224 g/mol. The lowest BCUT2D eigenvalue weighted by atomic mass is 10.3. The molecule has 1 aromatic rings. The number of aromatic nitrogens is 2. The Bertz CT molecular complexity index is 373. The molecule has 0 spiro atoms. The Balaban J connectivity index is 1.99. The highest BCUT2D eigenvalue weighted by Crippen LogP contribution is 2.10. The summed E-state index contributed by atoms with van der Waals surface area (Å²) in [6, 6.07) is 0. The van der Waals surface area contributed by atoms with Crippen LogP contribution in [-0.2, 0) is 4.79 Å². The Kier molecular flexibility index (Phi) is 2.98. The summed E-state index contributed by atoms with van der Waals surface area (Å²) in [4.78, 5) is 22.7. The van der Waals surface area contributed by atoms with Gasteiger partial charge >= 0.3 is 0 Å². The van der Waals surface area contributed by atoms with Crippen LogP contribution in [0.2, 0.25) is 0 Å². The maximum Gasteiger partial charge on any atom is 0.225 e. The van der Waals surface area contributed by atoms with Crippen LogP contribution in [0.25, 0.3) is 0 Å². The van der Waals surface area contributed by atoms with E-state index >= 15 is 0 Å². The Hall–Kier alpha value is -1.72. The zero-order valence-electron chi connectivity index (χ0n) is 9.06. The first kappa shape index (κ1) is 10.8. The third-order valence-electron chi connectivity index (χ3n) is 2.61. The lowest BCUT2D eigenvalue weighted by Crippen LogP contribution is -2.48. The van der Waals surface area contributed by atoms with E-state index in [0.717, 1.165) is 12.4 Å². The van der Waals surface area contributed by atoms with Crippen LogP contribution < -0.4 is 4.90 Å². The summed E-state index contributed by atoms with van der Waals surface area (Å²) in [6.07, 6.45) is 2.30. The first-order chi connectivity index (χ1) is 7.66. The number of hydrogen-bond donors (Lipinski definition) is 0. The molecule has 0 saturated carbocycles. The van der Waals surface area contributed by atoms with Gasteiger partial charge in [-0.05, 0) is 0 Å². The fraction of sp³-hybridized carbons (Fsp3) is 0.500. The summed E-state index contributed by atoms with van der Waals surface area (Å²) in [6.45, 7) is 4.26. The molecule has 0 bridgehead atoms. The molecule has 1 saturated heterocycles. The minimum atomic E-state index is -0.439. The fourth-order valence-electron chi connectivity index (χ4n) is 1.69. The van der Waals surface area contributed by atoms with Crippen molar-refractivity contribution in [2.24, 2.45) is 0 Å². The summed E-state index contributed by atoms with van der Waals surface area (Å²) >= 11 is 0. The van der Waals surface area contributed by atoms with E-state index in [1.807, 2.05) is 4.90 Å². The minimum absolute atomic E-state index is 0.0830. The molecule has 0 N–H and O–H groups in total. The average Bonchev–Trinajstić information content (AvgIpc) is 2.30. The second-order valence-electron chi connectivity index (χ2n) is 3.69. The SMILES string of the molecule is CC(=O)N1CCN(c2ncc(F)cn2)CC1. The molecule has 16 heavy (non-hydrogen) atoms. The standard InChI is InChI=1S/C10H13FN4O/c1-8(16)14-2-4-15(5-3-14)10-12-6-9(11)7-13-10/h6-7H,2-5H2,1H3. The summed E-state index contributed by atoms with van der Waals surface area (Å²) < 4.78 is 12.6. The van der Waals surface area contributed by atoms with Crippen molar-refractivity contribution in [3.8, 4) is 0 Å². The first-order valence-electron chi connectivity index (χ1n) is 5.15. The largest absolute Gasteiger partial charge is 0.339 e. The van der Waals surface area contributed by atoms with Gasteiger partial charge in [-0.1, -0.05) is 0 Å². The van der Waals surface area contributed by atoms with Gasteiger partial charge in [0.1, 0.15) is 0 Å². The van der Waals surface area contributed by atoms with Gasteiger partial charge in [0.2, 0.25) is 11.9 Å². The molecule has 0 aromatic carbocycles. The third kappa shape index (κ3) is 2.26. The number of rotatable bonds is 1. The molecule has 1 aromatic heterocycles. The van der Waals surface area contributed by atoms with E-state index in [1.54, 1.807) is 11.8 Å². The van der Waals surface area contributed by atoms with Gasteiger partial charge < -0.3 is 9.80 Å². The zero-order valence-corrected chi connectivity index (χ0v) is 9.06. The van der Waals surface area contributed by atoms with Crippen molar-refractivity contribution in [2.75, 3.05) is 31.1 Å². The molecule has 6 heteroatoms.